The van der Waals surface area contributed by atoms with Gasteiger partial charge >= 0.3 is 0 Å². The molecule has 8 heteroatoms. The van der Waals surface area contributed by atoms with Crippen LogP contribution in [-0.4, -0.2) is 55.7 Å². The summed E-state index contributed by atoms with van der Waals surface area (Å²) in [6, 6.07) is 0. The van der Waals surface area contributed by atoms with E-state index in [0.29, 0.717) is 23.5 Å². The number of nitrogens with zero attached hydrogens (tertiary/aromatic N) is 4. The third-order valence-electron chi connectivity index (χ3n) is 3.22. The van der Waals surface area contributed by atoms with Crippen LogP contribution in [-0.2, 0) is 4.74 Å². The largest absolute Gasteiger partial charge is 0.479 e. The Morgan fingerprint density at radius 1 is 1.47 bits per heavy atom. The summed E-state index contributed by atoms with van der Waals surface area (Å²) in [6.07, 6.45) is 1.60. The first-order chi connectivity index (χ1) is 9.24. The quantitative estimate of drug-likeness (QED) is 0.770. The van der Waals surface area contributed by atoms with Crippen LogP contribution in [0.15, 0.2) is 12.7 Å². The van der Waals surface area contributed by atoms with Crippen LogP contribution in [0, 0.1) is 0 Å². The molecule has 102 valence electrons. The second kappa shape index (κ2) is 4.72. The van der Waals surface area contributed by atoms with Crippen molar-refractivity contribution in [1.29, 1.82) is 0 Å². The van der Waals surface area contributed by atoms with E-state index in [1.807, 2.05) is 0 Å². The maximum absolute atomic E-state index is 9.78. The van der Waals surface area contributed by atoms with E-state index in [1.165, 1.54) is 13.4 Å². The Morgan fingerprint density at radius 2 is 2.32 bits per heavy atom. The molecule has 0 unspecified atom stereocenters. The molecular weight excluding hydrogens is 252 g/mol. The summed E-state index contributed by atoms with van der Waals surface area (Å²) in [5, 5.41) is 18.9. The van der Waals surface area contributed by atoms with Crippen LogP contribution in [0.5, 0.6) is 5.88 Å². The molecule has 0 bridgehead atoms. The fourth-order valence-electron chi connectivity index (χ4n) is 2.27. The number of rotatable bonds is 3. The SMILES string of the molecule is COc1ncnc2ncn([C@H]3C[C@H](O)[C@@H](CO)O3)c12. The minimum Gasteiger partial charge on any atom is -0.479 e. The molecule has 3 atom stereocenters. The minimum absolute atomic E-state index is 0.224. The lowest BCUT2D eigenvalue weighted by Crippen LogP contribution is -2.24. The number of aromatic nitrogens is 4. The van der Waals surface area contributed by atoms with Crippen molar-refractivity contribution in [3.8, 4) is 5.88 Å². The predicted octanol–water partition coefficient (Wildman–Crippen LogP) is -0.524. The van der Waals surface area contributed by atoms with Crippen molar-refractivity contribution in [2.24, 2.45) is 0 Å². The first-order valence-electron chi connectivity index (χ1n) is 5.90. The molecule has 8 nitrogen and oxygen atoms in total. The Bertz CT molecular complexity index is 587. The van der Waals surface area contributed by atoms with Crippen molar-refractivity contribution in [3.63, 3.8) is 0 Å². The number of imidazole rings is 1. The van der Waals surface area contributed by atoms with Crippen LogP contribution in [0.4, 0.5) is 0 Å². The molecule has 0 spiro atoms. The summed E-state index contributed by atoms with van der Waals surface area (Å²) in [5.41, 5.74) is 1.11. The monoisotopic (exact) mass is 266 g/mol. The summed E-state index contributed by atoms with van der Waals surface area (Å²) in [6.45, 7) is -0.224. The number of aliphatic hydroxyl groups is 2. The van der Waals surface area contributed by atoms with Crippen LogP contribution in [0.1, 0.15) is 12.6 Å². The summed E-state index contributed by atoms with van der Waals surface area (Å²) < 4.78 is 12.5. The van der Waals surface area contributed by atoms with Crippen LogP contribution in [0.2, 0.25) is 0 Å². The lowest BCUT2D eigenvalue weighted by atomic mass is 10.2. The molecule has 1 aliphatic heterocycles. The Hall–Kier alpha value is -1.77. The molecule has 2 aromatic rings. The van der Waals surface area contributed by atoms with Gasteiger partial charge in [0.2, 0.25) is 5.88 Å². The molecule has 1 saturated heterocycles. The average molecular weight is 266 g/mol. The van der Waals surface area contributed by atoms with Gasteiger partial charge in [-0.2, -0.15) is 4.98 Å². The van der Waals surface area contributed by atoms with Gasteiger partial charge in [-0.25, -0.2) is 9.97 Å². The second-order valence-corrected chi connectivity index (χ2v) is 4.32. The van der Waals surface area contributed by atoms with Gasteiger partial charge in [0.15, 0.2) is 11.2 Å². The zero-order valence-electron chi connectivity index (χ0n) is 10.3. The minimum atomic E-state index is -0.705. The second-order valence-electron chi connectivity index (χ2n) is 4.32. The summed E-state index contributed by atoms with van der Waals surface area (Å²) in [7, 11) is 1.51. The van der Waals surface area contributed by atoms with Gasteiger partial charge in [0, 0.05) is 6.42 Å². The number of fused-ring (bicyclic) bond motifs is 1. The molecule has 2 aromatic heterocycles. The van der Waals surface area contributed by atoms with Gasteiger partial charge in [0.05, 0.1) is 26.1 Å². The highest BCUT2D eigenvalue weighted by Gasteiger charge is 2.35. The van der Waals surface area contributed by atoms with Gasteiger partial charge in [-0.3, -0.25) is 4.57 Å². The number of hydrogen-bond acceptors (Lipinski definition) is 7. The number of hydrogen-bond donors (Lipinski definition) is 2. The molecule has 19 heavy (non-hydrogen) atoms. The molecule has 0 aromatic carbocycles. The maximum atomic E-state index is 9.78. The van der Waals surface area contributed by atoms with Gasteiger partial charge in [-0.15, -0.1) is 0 Å². The summed E-state index contributed by atoms with van der Waals surface area (Å²) >= 11 is 0. The Balaban J connectivity index is 2.02. The van der Waals surface area contributed by atoms with Crippen LogP contribution in [0.25, 0.3) is 11.2 Å². The highest BCUT2D eigenvalue weighted by Crippen LogP contribution is 2.32. The topological polar surface area (TPSA) is 103 Å². The van der Waals surface area contributed by atoms with E-state index in [2.05, 4.69) is 15.0 Å². The average Bonchev–Trinajstić information content (AvgIpc) is 3.01. The maximum Gasteiger partial charge on any atom is 0.243 e. The first kappa shape index (κ1) is 12.3. The Labute approximate surface area is 108 Å². The van der Waals surface area contributed by atoms with E-state index in [-0.39, 0.29) is 6.61 Å². The zero-order valence-corrected chi connectivity index (χ0v) is 10.3. The molecule has 3 rings (SSSR count). The van der Waals surface area contributed by atoms with Gasteiger partial charge in [-0.1, -0.05) is 0 Å². The number of aliphatic hydroxyl groups excluding tert-OH is 2. The van der Waals surface area contributed by atoms with Crippen molar-refractivity contribution >= 4 is 11.2 Å². The molecule has 2 N–H and O–H groups in total. The smallest absolute Gasteiger partial charge is 0.243 e. The first-order valence-corrected chi connectivity index (χ1v) is 5.90. The number of ether oxygens (including phenoxy) is 2. The zero-order chi connectivity index (χ0) is 13.4. The summed E-state index contributed by atoms with van der Waals surface area (Å²) in [5.74, 6) is 0.396. The van der Waals surface area contributed by atoms with Crippen molar-refractivity contribution in [1.82, 2.24) is 19.5 Å². The predicted molar refractivity (Wildman–Crippen MR) is 63.5 cm³/mol. The van der Waals surface area contributed by atoms with Crippen LogP contribution in [0.3, 0.4) is 0 Å². The van der Waals surface area contributed by atoms with E-state index in [4.69, 9.17) is 14.6 Å². The highest BCUT2D eigenvalue weighted by molar-refractivity contribution is 5.76. The molecule has 0 amide bonds. The molecule has 0 saturated carbocycles. The van der Waals surface area contributed by atoms with Gasteiger partial charge in [-0.05, 0) is 0 Å². The van der Waals surface area contributed by atoms with Gasteiger partial charge < -0.3 is 19.7 Å². The molecular formula is C11H14N4O4. The summed E-state index contributed by atoms with van der Waals surface area (Å²) in [4.78, 5) is 12.2. The Morgan fingerprint density at radius 3 is 3.00 bits per heavy atom. The van der Waals surface area contributed by atoms with Gasteiger partial charge in [0.1, 0.15) is 18.7 Å². The van der Waals surface area contributed by atoms with Crippen molar-refractivity contribution < 1.29 is 19.7 Å². The lowest BCUT2D eigenvalue weighted by molar-refractivity contribution is -0.0431. The van der Waals surface area contributed by atoms with E-state index < -0.39 is 18.4 Å². The van der Waals surface area contributed by atoms with Crippen LogP contribution < -0.4 is 4.74 Å². The lowest BCUT2D eigenvalue weighted by Gasteiger charge is -2.14. The normalized spacial score (nSPS) is 27.0. The third-order valence-corrected chi connectivity index (χ3v) is 3.22. The highest BCUT2D eigenvalue weighted by atomic mass is 16.5. The van der Waals surface area contributed by atoms with Crippen molar-refractivity contribution in [3.05, 3.63) is 12.7 Å². The molecule has 0 radical (unpaired) electrons. The Kier molecular flexibility index (Phi) is 3.05. The van der Waals surface area contributed by atoms with Crippen molar-refractivity contribution in [2.75, 3.05) is 13.7 Å². The fourth-order valence-corrected chi connectivity index (χ4v) is 2.27. The third kappa shape index (κ3) is 1.93. The molecule has 1 aliphatic rings. The van der Waals surface area contributed by atoms with E-state index >= 15 is 0 Å². The fraction of sp³-hybridized carbons (Fsp3) is 0.545. The van der Waals surface area contributed by atoms with E-state index in [0.717, 1.165) is 0 Å². The van der Waals surface area contributed by atoms with E-state index in [1.54, 1.807) is 10.9 Å². The molecule has 0 aliphatic carbocycles. The molecule has 1 fully saturated rings. The number of methoxy groups -OCH3 is 1. The molecule has 3 heterocycles. The van der Waals surface area contributed by atoms with E-state index in [9.17, 15) is 5.11 Å². The van der Waals surface area contributed by atoms with Crippen molar-refractivity contribution in [2.45, 2.75) is 24.9 Å². The standard InChI is InChI=1S/C11H14N4O4/c1-18-11-9-10(12-4-13-11)14-5-15(9)8-2-6(17)7(3-16)19-8/h4-8,16-17H,2-3H2,1H3/t6-,7+,8+/m0/s1. The van der Waals surface area contributed by atoms with Crippen LogP contribution >= 0.6 is 0 Å². The van der Waals surface area contributed by atoms with Gasteiger partial charge in [0.25, 0.3) is 0 Å².